The zero-order valence-corrected chi connectivity index (χ0v) is 21.5. The quantitative estimate of drug-likeness (QED) is 0.257. The van der Waals surface area contributed by atoms with Crippen LogP contribution in [0, 0.1) is 0 Å². The van der Waals surface area contributed by atoms with E-state index in [1.165, 1.54) is 29.2 Å². The second-order valence-electron chi connectivity index (χ2n) is 10.0. The van der Waals surface area contributed by atoms with Crippen molar-refractivity contribution >= 4 is 23.7 Å². The van der Waals surface area contributed by atoms with Crippen LogP contribution in [0.5, 0.6) is 11.5 Å². The fourth-order valence-electron chi connectivity index (χ4n) is 5.09. The number of carboxylic acids is 1. The number of phenolic OH excluding ortho intramolecular Hbond substituents is 2. The highest BCUT2D eigenvalue weighted by molar-refractivity contribution is 5.94. The van der Waals surface area contributed by atoms with Gasteiger partial charge in [0.25, 0.3) is 0 Å². The van der Waals surface area contributed by atoms with Gasteiger partial charge in [0.1, 0.15) is 29.6 Å². The molecule has 0 spiro atoms. The topological polar surface area (TPSA) is 168 Å². The van der Waals surface area contributed by atoms with Crippen molar-refractivity contribution in [1.82, 2.24) is 20.9 Å². The third kappa shape index (κ3) is 7.26. The van der Waals surface area contributed by atoms with Gasteiger partial charge in [-0.3, -0.25) is 14.4 Å². The number of hydrogen-bond acceptors (Lipinski definition) is 7. The summed E-state index contributed by atoms with van der Waals surface area (Å²) in [4.78, 5) is 53.2. The fourth-order valence-corrected chi connectivity index (χ4v) is 5.09. The van der Waals surface area contributed by atoms with Crippen molar-refractivity contribution in [3.05, 3.63) is 59.7 Å². The molecule has 4 rings (SSSR count). The predicted molar refractivity (Wildman–Crippen MR) is 141 cm³/mol. The van der Waals surface area contributed by atoms with Crippen LogP contribution in [0.1, 0.15) is 36.8 Å². The van der Waals surface area contributed by atoms with Crippen molar-refractivity contribution in [1.29, 1.82) is 0 Å². The molecule has 3 amide bonds. The van der Waals surface area contributed by atoms with E-state index in [0.29, 0.717) is 36.9 Å². The van der Waals surface area contributed by atoms with Crippen LogP contribution in [0.4, 0.5) is 0 Å². The lowest BCUT2D eigenvalue weighted by molar-refractivity contribution is -0.149. The van der Waals surface area contributed by atoms with Gasteiger partial charge in [-0.2, -0.15) is 0 Å². The van der Waals surface area contributed by atoms with E-state index in [2.05, 4.69) is 16.0 Å². The molecule has 2 aromatic carbocycles. The zero-order valence-electron chi connectivity index (χ0n) is 21.5. The lowest BCUT2D eigenvalue weighted by atomic mass is 10.0. The molecule has 0 unspecified atom stereocenters. The monoisotopic (exact) mass is 538 g/mol. The van der Waals surface area contributed by atoms with Crippen LogP contribution in [0.25, 0.3) is 0 Å². The number of carbonyl (C=O) groups excluding carboxylic acids is 3. The molecule has 11 nitrogen and oxygen atoms in total. The standard InChI is InChI=1S/C28H34N4O7/c33-19-9-5-17(6-10-19)15-22(30-25(35)21-3-1-13-29-21)26(36)31-23(16-18-7-11-20(34)12-8-18)27(37)32-14-2-4-24(32)28(38)39/h5-12,21-24,29,33-34H,1-4,13-16H2,(H,30,35)(H,31,36)(H,38,39)/t21-,22-,23-,24-/m0/s1. The van der Waals surface area contributed by atoms with Crippen LogP contribution in [0.15, 0.2) is 48.5 Å². The van der Waals surface area contributed by atoms with Crippen LogP contribution < -0.4 is 16.0 Å². The Bertz CT molecular complexity index is 1180. The van der Waals surface area contributed by atoms with Crippen molar-refractivity contribution in [3.63, 3.8) is 0 Å². The molecule has 11 heteroatoms. The first-order valence-electron chi connectivity index (χ1n) is 13.1. The molecular formula is C28H34N4O7. The average Bonchev–Trinajstić information content (AvgIpc) is 3.63. The minimum Gasteiger partial charge on any atom is -0.508 e. The number of benzene rings is 2. The molecule has 2 aliphatic heterocycles. The summed E-state index contributed by atoms with van der Waals surface area (Å²) in [7, 11) is 0. The van der Waals surface area contributed by atoms with Crippen LogP contribution in [-0.4, -0.2) is 81.2 Å². The van der Waals surface area contributed by atoms with E-state index in [0.717, 1.165) is 6.42 Å². The number of likely N-dealkylation sites (tertiary alicyclic amines) is 1. The SMILES string of the molecule is O=C(N[C@@H](Cc1ccc(O)cc1)C(=O)N[C@@H](Cc1ccc(O)cc1)C(=O)N1CCC[C@H]1C(=O)O)[C@@H]1CCCN1. The molecule has 0 aromatic heterocycles. The smallest absolute Gasteiger partial charge is 0.326 e. The molecule has 4 atom stereocenters. The summed E-state index contributed by atoms with van der Waals surface area (Å²) >= 11 is 0. The number of aromatic hydroxyl groups is 2. The third-order valence-corrected chi connectivity index (χ3v) is 7.20. The summed E-state index contributed by atoms with van der Waals surface area (Å²) in [6.45, 7) is 0.968. The van der Waals surface area contributed by atoms with Gasteiger partial charge >= 0.3 is 5.97 Å². The van der Waals surface area contributed by atoms with E-state index in [4.69, 9.17) is 0 Å². The maximum absolute atomic E-state index is 13.6. The van der Waals surface area contributed by atoms with Gasteiger partial charge in [-0.15, -0.1) is 0 Å². The van der Waals surface area contributed by atoms with E-state index in [-0.39, 0.29) is 36.8 Å². The minimum absolute atomic E-state index is 0.0494. The Morgan fingerprint density at radius 3 is 1.97 bits per heavy atom. The van der Waals surface area contributed by atoms with Gasteiger partial charge in [0.15, 0.2) is 0 Å². The van der Waals surface area contributed by atoms with E-state index in [1.807, 2.05) is 0 Å². The Labute approximate surface area is 226 Å². The van der Waals surface area contributed by atoms with Crippen molar-refractivity contribution < 1.29 is 34.5 Å². The molecule has 39 heavy (non-hydrogen) atoms. The number of amides is 3. The zero-order chi connectivity index (χ0) is 27.9. The van der Waals surface area contributed by atoms with E-state index in [1.54, 1.807) is 24.3 Å². The summed E-state index contributed by atoms with van der Waals surface area (Å²) < 4.78 is 0. The van der Waals surface area contributed by atoms with Crippen LogP contribution >= 0.6 is 0 Å². The van der Waals surface area contributed by atoms with Crippen LogP contribution in [-0.2, 0) is 32.0 Å². The second-order valence-corrected chi connectivity index (χ2v) is 10.0. The number of nitrogens with one attached hydrogen (secondary N) is 3. The fraction of sp³-hybridized carbons (Fsp3) is 0.429. The molecule has 2 fully saturated rings. The number of aliphatic carboxylic acids is 1. The van der Waals surface area contributed by atoms with Crippen LogP contribution in [0.2, 0.25) is 0 Å². The third-order valence-electron chi connectivity index (χ3n) is 7.20. The Hall–Kier alpha value is -4.12. The summed E-state index contributed by atoms with van der Waals surface area (Å²) in [6.07, 6.45) is 2.54. The van der Waals surface area contributed by atoms with Crippen molar-refractivity contribution in [3.8, 4) is 11.5 Å². The molecular weight excluding hydrogens is 504 g/mol. The number of carbonyl (C=O) groups is 4. The highest BCUT2D eigenvalue weighted by atomic mass is 16.4. The number of nitrogens with zero attached hydrogens (tertiary/aromatic N) is 1. The largest absolute Gasteiger partial charge is 0.508 e. The van der Waals surface area contributed by atoms with Gasteiger partial charge in [-0.1, -0.05) is 24.3 Å². The van der Waals surface area contributed by atoms with Gasteiger partial charge < -0.3 is 36.2 Å². The molecule has 2 aliphatic rings. The average molecular weight is 539 g/mol. The Kier molecular flexibility index (Phi) is 9.03. The van der Waals surface area contributed by atoms with Gasteiger partial charge in [0.2, 0.25) is 17.7 Å². The molecule has 2 heterocycles. The van der Waals surface area contributed by atoms with Gasteiger partial charge in [-0.05, 0) is 67.6 Å². The van der Waals surface area contributed by atoms with Crippen molar-refractivity contribution in [2.24, 2.45) is 0 Å². The molecule has 0 bridgehead atoms. The highest BCUT2D eigenvalue weighted by Crippen LogP contribution is 2.21. The maximum Gasteiger partial charge on any atom is 0.326 e. The second kappa shape index (κ2) is 12.6. The number of hydrogen-bond donors (Lipinski definition) is 6. The predicted octanol–water partition coefficient (Wildman–Crippen LogP) is 0.680. The summed E-state index contributed by atoms with van der Waals surface area (Å²) in [5.41, 5.74) is 1.35. The van der Waals surface area contributed by atoms with Gasteiger partial charge in [0.05, 0.1) is 6.04 Å². The van der Waals surface area contributed by atoms with Gasteiger partial charge in [0, 0.05) is 19.4 Å². The van der Waals surface area contributed by atoms with Crippen molar-refractivity contribution in [2.45, 2.75) is 62.7 Å². The van der Waals surface area contributed by atoms with Crippen LogP contribution in [0.3, 0.4) is 0 Å². The number of phenols is 2. The molecule has 0 saturated carbocycles. The number of carboxylic acid groups (broad SMARTS) is 1. The summed E-state index contributed by atoms with van der Waals surface area (Å²) in [6, 6.07) is 8.96. The molecule has 0 aliphatic carbocycles. The lowest BCUT2D eigenvalue weighted by Gasteiger charge is -2.29. The Morgan fingerprint density at radius 2 is 1.44 bits per heavy atom. The van der Waals surface area contributed by atoms with E-state index < -0.39 is 42.0 Å². The maximum atomic E-state index is 13.6. The normalized spacial score (nSPS) is 20.3. The molecule has 2 aromatic rings. The highest BCUT2D eigenvalue weighted by Gasteiger charge is 2.38. The molecule has 6 N–H and O–H groups in total. The summed E-state index contributed by atoms with van der Waals surface area (Å²) in [5.74, 6) is -2.41. The van der Waals surface area contributed by atoms with E-state index >= 15 is 0 Å². The molecule has 208 valence electrons. The Balaban J connectivity index is 1.57. The van der Waals surface area contributed by atoms with E-state index in [9.17, 15) is 34.5 Å². The summed E-state index contributed by atoms with van der Waals surface area (Å²) in [5, 5.41) is 37.6. The lowest BCUT2D eigenvalue weighted by Crippen LogP contribution is -2.58. The molecule has 0 radical (unpaired) electrons. The first kappa shape index (κ1) is 27.9. The first-order valence-corrected chi connectivity index (χ1v) is 13.1. The number of rotatable bonds is 10. The Morgan fingerprint density at radius 1 is 0.846 bits per heavy atom. The van der Waals surface area contributed by atoms with Gasteiger partial charge in [-0.25, -0.2) is 4.79 Å². The minimum atomic E-state index is -1.10. The van der Waals surface area contributed by atoms with Crippen molar-refractivity contribution in [2.75, 3.05) is 13.1 Å². The first-order chi connectivity index (χ1) is 18.7. The molecule has 2 saturated heterocycles.